The molecule has 0 amide bonds. The van der Waals surface area contributed by atoms with Crippen LogP contribution in [0.3, 0.4) is 0 Å². The van der Waals surface area contributed by atoms with Gasteiger partial charge in [-0.1, -0.05) is 12.5 Å². The lowest BCUT2D eigenvalue weighted by molar-refractivity contribution is 0.221. The maximum absolute atomic E-state index is 13.1. The molecule has 1 atom stereocenters. The average Bonchev–Trinajstić information content (AvgIpc) is 2.83. The van der Waals surface area contributed by atoms with Crippen LogP contribution in [0.15, 0.2) is 36.0 Å². The molecule has 0 saturated heterocycles. The fraction of sp³-hybridized carbons (Fsp3) is 0.353. The minimum Gasteiger partial charge on any atom is -0.396 e. The molecule has 0 fully saturated rings. The van der Waals surface area contributed by atoms with Crippen LogP contribution >= 0.6 is 0 Å². The SMILES string of the molecule is CC1=Cc2c(cnn2-c2ccc(F)cc2)C[C@]1(C)CCO. The van der Waals surface area contributed by atoms with Gasteiger partial charge in [-0.15, -0.1) is 0 Å². The third kappa shape index (κ3) is 2.40. The molecule has 0 unspecified atom stereocenters. The Kier molecular flexibility index (Phi) is 3.41. The normalized spacial score (nSPS) is 21.0. The molecular weight excluding hydrogens is 267 g/mol. The molecule has 21 heavy (non-hydrogen) atoms. The van der Waals surface area contributed by atoms with Crippen LogP contribution in [0, 0.1) is 11.2 Å². The molecule has 1 heterocycles. The van der Waals surface area contributed by atoms with E-state index < -0.39 is 0 Å². The first-order chi connectivity index (χ1) is 10.0. The highest BCUT2D eigenvalue weighted by Gasteiger charge is 2.32. The highest BCUT2D eigenvalue weighted by molar-refractivity contribution is 5.60. The van der Waals surface area contributed by atoms with Crippen molar-refractivity contribution in [1.82, 2.24) is 9.78 Å². The van der Waals surface area contributed by atoms with Crippen molar-refractivity contribution in [2.75, 3.05) is 6.61 Å². The van der Waals surface area contributed by atoms with Gasteiger partial charge < -0.3 is 5.11 Å². The summed E-state index contributed by atoms with van der Waals surface area (Å²) in [4.78, 5) is 0. The molecule has 3 nitrogen and oxygen atoms in total. The molecule has 4 heteroatoms. The lowest BCUT2D eigenvalue weighted by Gasteiger charge is -2.33. The van der Waals surface area contributed by atoms with E-state index in [-0.39, 0.29) is 17.8 Å². The monoisotopic (exact) mass is 286 g/mol. The lowest BCUT2D eigenvalue weighted by Crippen LogP contribution is -2.26. The molecule has 1 aromatic carbocycles. The van der Waals surface area contributed by atoms with E-state index in [2.05, 4.69) is 25.0 Å². The summed E-state index contributed by atoms with van der Waals surface area (Å²) in [5.74, 6) is -0.248. The summed E-state index contributed by atoms with van der Waals surface area (Å²) >= 11 is 0. The maximum atomic E-state index is 13.1. The zero-order chi connectivity index (χ0) is 15.0. The zero-order valence-electron chi connectivity index (χ0n) is 12.3. The molecule has 0 spiro atoms. The number of aliphatic hydroxyl groups excluding tert-OH is 1. The quantitative estimate of drug-likeness (QED) is 0.939. The van der Waals surface area contributed by atoms with Crippen molar-refractivity contribution in [1.29, 1.82) is 0 Å². The first-order valence-electron chi connectivity index (χ1n) is 7.16. The largest absolute Gasteiger partial charge is 0.396 e. The number of fused-ring (bicyclic) bond motifs is 1. The number of allylic oxidation sites excluding steroid dienone is 1. The number of hydrogen-bond acceptors (Lipinski definition) is 2. The number of halogens is 1. The number of aliphatic hydroxyl groups is 1. The van der Waals surface area contributed by atoms with Gasteiger partial charge in [-0.05, 0) is 61.1 Å². The second-order valence-electron chi connectivity index (χ2n) is 5.98. The molecule has 0 aliphatic heterocycles. The number of nitrogens with zero attached hydrogens (tertiary/aromatic N) is 2. The third-order valence-corrected chi connectivity index (χ3v) is 4.51. The van der Waals surface area contributed by atoms with Gasteiger partial charge in [0, 0.05) is 6.61 Å². The molecular formula is C17H19FN2O. The molecule has 1 aliphatic carbocycles. The Balaban J connectivity index is 2.03. The van der Waals surface area contributed by atoms with Crippen molar-refractivity contribution in [3.8, 4) is 5.69 Å². The third-order valence-electron chi connectivity index (χ3n) is 4.51. The molecule has 0 bridgehead atoms. The average molecular weight is 286 g/mol. The Morgan fingerprint density at radius 3 is 2.71 bits per heavy atom. The number of aromatic nitrogens is 2. The van der Waals surface area contributed by atoms with Crippen LogP contribution in [0.5, 0.6) is 0 Å². The van der Waals surface area contributed by atoms with E-state index in [1.165, 1.54) is 23.3 Å². The Labute approximate surface area is 123 Å². The minimum atomic E-state index is -0.248. The number of hydrogen-bond donors (Lipinski definition) is 1. The van der Waals surface area contributed by atoms with Crippen molar-refractivity contribution < 1.29 is 9.50 Å². The highest BCUT2D eigenvalue weighted by atomic mass is 19.1. The topological polar surface area (TPSA) is 38.0 Å². The fourth-order valence-electron chi connectivity index (χ4n) is 2.94. The second kappa shape index (κ2) is 5.11. The first kappa shape index (κ1) is 14.0. The van der Waals surface area contributed by atoms with Crippen molar-refractivity contribution in [2.45, 2.75) is 26.7 Å². The second-order valence-corrected chi connectivity index (χ2v) is 5.98. The van der Waals surface area contributed by atoms with E-state index in [0.717, 1.165) is 24.2 Å². The van der Waals surface area contributed by atoms with Gasteiger partial charge in [0.2, 0.25) is 0 Å². The molecule has 1 aliphatic rings. The van der Waals surface area contributed by atoms with Crippen LogP contribution in [0.4, 0.5) is 4.39 Å². The van der Waals surface area contributed by atoms with Gasteiger partial charge in [0.15, 0.2) is 0 Å². The van der Waals surface area contributed by atoms with Crippen LogP contribution in [0.2, 0.25) is 0 Å². The fourth-order valence-corrected chi connectivity index (χ4v) is 2.94. The zero-order valence-corrected chi connectivity index (χ0v) is 12.3. The summed E-state index contributed by atoms with van der Waals surface area (Å²) in [5, 5.41) is 13.7. The molecule has 110 valence electrons. The molecule has 0 radical (unpaired) electrons. The highest BCUT2D eigenvalue weighted by Crippen LogP contribution is 2.41. The van der Waals surface area contributed by atoms with Crippen molar-refractivity contribution in [3.63, 3.8) is 0 Å². The summed E-state index contributed by atoms with van der Waals surface area (Å²) in [7, 11) is 0. The Bertz CT molecular complexity index is 687. The summed E-state index contributed by atoms with van der Waals surface area (Å²) in [6.45, 7) is 4.46. The van der Waals surface area contributed by atoms with Crippen molar-refractivity contribution in [3.05, 3.63) is 53.1 Å². The van der Waals surface area contributed by atoms with Gasteiger partial charge in [-0.25, -0.2) is 9.07 Å². The Morgan fingerprint density at radius 1 is 1.33 bits per heavy atom. The van der Waals surface area contributed by atoms with E-state index in [1.54, 1.807) is 12.1 Å². The van der Waals surface area contributed by atoms with E-state index in [4.69, 9.17) is 0 Å². The van der Waals surface area contributed by atoms with Crippen molar-refractivity contribution >= 4 is 6.08 Å². The summed E-state index contributed by atoms with van der Waals surface area (Å²) in [6.07, 6.45) is 5.62. The van der Waals surface area contributed by atoms with Crippen LogP contribution in [0.1, 0.15) is 31.5 Å². The lowest BCUT2D eigenvalue weighted by atomic mass is 9.72. The molecule has 2 aromatic rings. The summed E-state index contributed by atoms with van der Waals surface area (Å²) < 4.78 is 14.9. The standard InChI is InChI=1S/C17H19FN2O/c1-12-9-16-13(10-17(12,2)7-8-21)11-19-20(16)15-5-3-14(18)4-6-15/h3-6,9,11,21H,7-8,10H2,1-2H3/t17-/m0/s1. The maximum Gasteiger partial charge on any atom is 0.123 e. The van der Waals surface area contributed by atoms with E-state index in [9.17, 15) is 9.50 Å². The number of benzene rings is 1. The Morgan fingerprint density at radius 2 is 2.05 bits per heavy atom. The van der Waals surface area contributed by atoms with Gasteiger partial charge in [-0.2, -0.15) is 5.10 Å². The predicted molar refractivity (Wildman–Crippen MR) is 80.7 cm³/mol. The summed E-state index contributed by atoms with van der Waals surface area (Å²) in [6, 6.07) is 6.35. The van der Waals surface area contributed by atoms with Gasteiger partial charge in [-0.3, -0.25) is 0 Å². The van der Waals surface area contributed by atoms with Crippen LogP contribution < -0.4 is 0 Å². The molecule has 1 N–H and O–H groups in total. The van der Waals surface area contributed by atoms with Gasteiger partial charge in [0.05, 0.1) is 17.6 Å². The molecule has 0 saturated carbocycles. The van der Waals surface area contributed by atoms with Crippen LogP contribution in [-0.2, 0) is 6.42 Å². The van der Waals surface area contributed by atoms with Gasteiger partial charge in [0.1, 0.15) is 5.82 Å². The van der Waals surface area contributed by atoms with E-state index in [1.807, 2.05) is 10.9 Å². The van der Waals surface area contributed by atoms with Gasteiger partial charge in [0.25, 0.3) is 0 Å². The predicted octanol–water partition coefficient (Wildman–Crippen LogP) is 3.36. The van der Waals surface area contributed by atoms with Crippen molar-refractivity contribution in [2.24, 2.45) is 5.41 Å². The van der Waals surface area contributed by atoms with E-state index in [0.29, 0.717) is 0 Å². The van der Waals surface area contributed by atoms with Gasteiger partial charge >= 0.3 is 0 Å². The smallest absolute Gasteiger partial charge is 0.123 e. The molecule has 3 rings (SSSR count). The molecule has 1 aromatic heterocycles. The van der Waals surface area contributed by atoms with E-state index >= 15 is 0 Å². The van der Waals surface area contributed by atoms with Crippen LogP contribution in [0.25, 0.3) is 11.8 Å². The first-order valence-corrected chi connectivity index (χ1v) is 7.16. The Hall–Kier alpha value is -1.94. The number of rotatable bonds is 3. The van der Waals surface area contributed by atoms with Crippen LogP contribution in [-0.4, -0.2) is 21.5 Å². The summed E-state index contributed by atoms with van der Waals surface area (Å²) in [5.41, 5.74) is 4.30. The minimum absolute atomic E-state index is 0.0155.